The van der Waals surface area contributed by atoms with Gasteiger partial charge in [-0.15, -0.1) is 11.3 Å². The third-order valence-electron chi connectivity index (χ3n) is 11.3. The molecule has 0 bridgehead atoms. The third kappa shape index (κ3) is 7.22. The van der Waals surface area contributed by atoms with Gasteiger partial charge < -0.3 is 14.2 Å². The van der Waals surface area contributed by atoms with Crippen LogP contribution in [0, 0.1) is 23.7 Å². The van der Waals surface area contributed by atoms with Crippen molar-refractivity contribution in [3.63, 3.8) is 0 Å². The van der Waals surface area contributed by atoms with Crippen molar-refractivity contribution in [3.05, 3.63) is 46.0 Å². The second-order valence-electron chi connectivity index (χ2n) is 14.6. The number of anilines is 1. The van der Waals surface area contributed by atoms with E-state index in [4.69, 9.17) is 4.74 Å². The minimum absolute atomic E-state index is 0.0486. The first-order valence-electron chi connectivity index (χ1n) is 17.8. The third-order valence-corrected chi connectivity index (χ3v) is 14.2. The summed E-state index contributed by atoms with van der Waals surface area (Å²) in [6.45, 7) is 13.0. The molecule has 7 rings (SSSR count). The van der Waals surface area contributed by atoms with Gasteiger partial charge in [0.1, 0.15) is 22.4 Å². The number of fused-ring (bicyclic) bond motifs is 2. The highest BCUT2D eigenvalue weighted by molar-refractivity contribution is 7.89. The molecule has 4 aromatic rings. The molecule has 1 aromatic carbocycles. The van der Waals surface area contributed by atoms with Crippen LogP contribution in [0.1, 0.15) is 48.4 Å². The van der Waals surface area contributed by atoms with Crippen molar-refractivity contribution < 1.29 is 26.3 Å². The zero-order valence-corrected chi connectivity index (χ0v) is 31.7. The molecule has 0 radical (unpaired) electrons. The van der Waals surface area contributed by atoms with Gasteiger partial charge in [-0.05, 0) is 69.5 Å². The lowest BCUT2D eigenvalue weighted by Gasteiger charge is -2.37. The van der Waals surface area contributed by atoms with Gasteiger partial charge >= 0.3 is 12.2 Å². The first-order chi connectivity index (χ1) is 24.7. The molecule has 1 spiro atoms. The number of hydrogen-bond donors (Lipinski definition) is 0. The van der Waals surface area contributed by atoms with Crippen LogP contribution in [0.4, 0.5) is 19.0 Å². The first kappa shape index (κ1) is 36.9. The Morgan fingerprint density at radius 3 is 2.50 bits per heavy atom. The number of alkyl halides is 3. The second kappa shape index (κ2) is 14.1. The number of ether oxygens (including phenoxy) is 1. The fourth-order valence-electron chi connectivity index (χ4n) is 8.37. The molecular formula is C36H45F3N8O3S2. The van der Waals surface area contributed by atoms with Crippen LogP contribution in [0.2, 0.25) is 0 Å². The standard InChI is InChI=1S/C36H45F3N8O3S2/c1-5-52(48,49)46-14-12-44(13-15-46)24(2)20-47-27(19-40)16-29-25(3)26(6-7-31(29)47)21-43-10-8-35(22-43)9-11-45(23-35)32-30-17-28(18-36(37,38)39)51-33(30)42-34(41-32)50-4/h6-7,16-17,24H,5,8-15,18,20-23H2,1-4H3/t24-,35?/m0/s1. The summed E-state index contributed by atoms with van der Waals surface area (Å²) in [5.41, 5.74) is 4.08. The van der Waals surface area contributed by atoms with Crippen LogP contribution in [-0.2, 0) is 29.5 Å². The van der Waals surface area contributed by atoms with Crippen molar-refractivity contribution in [1.29, 1.82) is 5.26 Å². The molecule has 0 aliphatic carbocycles. The molecule has 0 amide bonds. The Hall–Kier alpha value is -3.49. The van der Waals surface area contributed by atoms with Crippen LogP contribution in [0.15, 0.2) is 24.3 Å². The molecule has 16 heteroatoms. The normalized spacial score (nSPS) is 21.5. The van der Waals surface area contributed by atoms with Crippen molar-refractivity contribution in [1.82, 2.24) is 28.6 Å². The van der Waals surface area contributed by atoms with Crippen LogP contribution < -0.4 is 9.64 Å². The number of hydrogen-bond acceptors (Lipinski definition) is 10. The van der Waals surface area contributed by atoms with E-state index in [0.717, 1.165) is 73.4 Å². The number of nitrogens with zero attached hydrogens (tertiary/aromatic N) is 8. The lowest BCUT2D eigenvalue weighted by atomic mass is 9.86. The summed E-state index contributed by atoms with van der Waals surface area (Å²) in [4.78, 5) is 16.7. The molecule has 6 heterocycles. The smallest absolute Gasteiger partial charge is 0.393 e. The van der Waals surface area contributed by atoms with Gasteiger partial charge in [0, 0.05) is 86.1 Å². The SMILES string of the molecule is CCS(=O)(=O)N1CCN([C@@H](C)Cn2c(C#N)cc3c(C)c(CN4CCC5(CCN(c6nc(OC)nc7sc(CC(F)(F)F)cc67)C5)C4)ccc32)CC1. The predicted octanol–water partition coefficient (Wildman–Crippen LogP) is 5.40. The monoisotopic (exact) mass is 758 g/mol. The number of aromatic nitrogens is 3. The number of thiophene rings is 1. The van der Waals surface area contributed by atoms with E-state index in [-0.39, 0.29) is 28.1 Å². The molecule has 0 saturated carbocycles. The van der Waals surface area contributed by atoms with Crippen LogP contribution in [-0.4, -0.2) is 114 Å². The minimum Gasteiger partial charge on any atom is -0.467 e. The van der Waals surface area contributed by atoms with Gasteiger partial charge in [0.05, 0.1) is 24.7 Å². The van der Waals surface area contributed by atoms with Gasteiger partial charge in [-0.2, -0.15) is 32.7 Å². The maximum Gasteiger partial charge on any atom is 0.393 e. The highest BCUT2D eigenvalue weighted by Crippen LogP contribution is 2.44. The molecule has 2 atom stereocenters. The van der Waals surface area contributed by atoms with E-state index in [1.54, 1.807) is 17.3 Å². The van der Waals surface area contributed by atoms with E-state index in [1.165, 1.54) is 12.7 Å². The fraction of sp³-hybridized carbons (Fsp3) is 0.583. The van der Waals surface area contributed by atoms with Gasteiger partial charge in [0.2, 0.25) is 10.0 Å². The van der Waals surface area contributed by atoms with Crippen LogP contribution in [0.3, 0.4) is 0 Å². The summed E-state index contributed by atoms with van der Waals surface area (Å²) < 4.78 is 73.3. The highest BCUT2D eigenvalue weighted by Gasteiger charge is 2.44. The number of methoxy groups -OCH3 is 1. The van der Waals surface area contributed by atoms with E-state index in [2.05, 4.69) is 61.3 Å². The van der Waals surface area contributed by atoms with E-state index in [1.807, 2.05) is 6.07 Å². The quantitative estimate of drug-likeness (QED) is 0.210. The number of aryl methyl sites for hydroxylation is 1. The summed E-state index contributed by atoms with van der Waals surface area (Å²) in [6, 6.07) is 10.6. The maximum atomic E-state index is 13.2. The molecule has 0 N–H and O–H groups in total. The summed E-state index contributed by atoms with van der Waals surface area (Å²) in [7, 11) is -1.72. The number of nitriles is 1. The van der Waals surface area contributed by atoms with Crippen LogP contribution in [0.25, 0.3) is 21.1 Å². The summed E-state index contributed by atoms with van der Waals surface area (Å²) in [5.74, 6) is 0.753. The Morgan fingerprint density at radius 2 is 1.81 bits per heavy atom. The van der Waals surface area contributed by atoms with Gasteiger partial charge in [-0.25, -0.2) is 8.42 Å². The number of rotatable bonds is 10. The number of halogens is 3. The van der Waals surface area contributed by atoms with Crippen molar-refractivity contribution in [2.24, 2.45) is 5.41 Å². The fourth-order valence-corrected chi connectivity index (χ4v) is 10.5. The Kier molecular flexibility index (Phi) is 9.96. The van der Waals surface area contributed by atoms with Gasteiger partial charge in [-0.1, -0.05) is 6.07 Å². The average Bonchev–Trinajstić information content (AvgIpc) is 3.90. The lowest BCUT2D eigenvalue weighted by Crippen LogP contribution is -2.52. The Labute approximate surface area is 306 Å². The van der Waals surface area contributed by atoms with Crippen LogP contribution >= 0.6 is 11.3 Å². The Bertz CT molecular complexity index is 2120. The van der Waals surface area contributed by atoms with Crippen molar-refractivity contribution in [2.75, 3.05) is 70.1 Å². The molecule has 3 aliphatic rings. The predicted molar refractivity (Wildman–Crippen MR) is 196 cm³/mol. The van der Waals surface area contributed by atoms with Crippen molar-refractivity contribution in [3.8, 4) is 12.1 Å². The van der Waals surface area contributed by atoms with E-state index >= 15 is 0 Å². The Morgan fingerprint density at radius 1 is 1.06 bits per heavy atom. The summed E-state index contributed by atoms with van der Waals surface area (Å²) >= 11 is 1.04. The largest absolute Gasteiger partial charge is 0.467 e. The molecular weight excluding hydrogens is 714 g/mol. The van der Waals surface area contributed by atoms with Crippen molar-refractivity contribution >= 4 is 48.3 Å². The molecule has 1 unspecified atom stereocenters. The highest BCUT2D eigenvalue weighted by atomic mass is 32.2. The second-order valence-corrected chi connectivity index (χ2v) is 18.0. The van der Waals surface area contributed by atoms with Crippen molar-refractivity contribution in [2.45, 2.75) is 65.3 Å². The van der Waals surface area contributed by atoms with E-state index < -0.39 is 22.6 Å². The number of sulfonamides is 1. The Balaban J connectivity index is 1.03. The van der Waals surface area contributed by atoms with E-state index in [0.29, 0.717) is 54.5 Å². The molecule has 3 aromatic heterocycles. The zero-order chi connectivity index (χ0) is 37.0. The molecule has 280 valence electrons. The summed E-state index contributed by atoms with van der Waals surface area (Å²) in [6.07, 6.45) is -3.31. The van der Waals surface area contributed by atoms with Gasteiger partial charge in [0.25, 0.3) is 0 Å². The van der Waals surface area contributed by atoms with Gasteiger partial charge in [0.15, 0.2) is 0 Å². The zero-order valence-electron chi connectivity index (χ0n) is 30.0. The van der Waals surface area contributed by atoms with Crippen LogP contribution in [0.5, 0.6) is 6.01 Å². The van der Waals surface area contributed by atoms with E-state index in [9.17, 15) is 26.9 Å². The molecule has 3 aliphatic heterocycles. The first-order valence-corrected chi connectivity index (χ1v) is 20.3. The topological polar surface area (TPSA) is 111 Å². The lowest BCUT2D eigenvalue weighted by molar-refractivity contribution is -0.126. The molecule has 3 saturated heterocycles. The number of benzene rings is 1. The number of piperazine rings is 1. The average molecular weight is 759 g/mol. The number of likely N-dealkylation sites (tertiary alicyclic amines) is 1. The molecule has 3 fully saturated rings. The molecule has 52 heavy (non-hydrogen) atoms. The molecule has 11 nitrogen and oxygen atoms in total. The summed E-state index contributed by atoms with van der Waals surface area (Å²) in [5, 5.41) is 11.8. The minimum atomic E-state index is -4.30. The van der Waals surface area contributed by atoms with Gasteiger partial charge in [-0.3, -0.25) is 9.80 Å². The maximum absolute atomic E-state index is 13.2.